The van der Waals surface area contributed by atoms with Gasteiger partial charge >= 0.3 is 0 Å². The highest BCUT2D eigenvalue weighted by Crippen LogP contribution is 2.22. The molecule has 2 aromatic rings. The summed E-state index contributed by atoms with van der Waals surface area (Å²) in [5.41, 5.74) is 1.23. The van der Waals surface area contributed by atoms with E-state index < -0.39 is 0 Å². The fraction of sp³-hybridized carbons (Fsp3) is 0.615. The monoisotopic (exact) mass is 306 g/mol. The van der Waals surface area contributed by atoms with E-state index in [-0.39, 0.29) is 12.0 Å². The van der Waals surface area contributed by atoms with Gasteiger partial charge in [-0.2, -0.15) is 4.80 Å². The number of nitrogens with zero attached hydrogens (tertiary/aromatic N) is 6. The van der Waals surface area contributed by atoms with Gasteiger partial charge in [-0.3, -0.25) is 4.79 Å². The highest BCUT2D eigenvalue weighted by molar-refractivity contribution is 5.96. The van der Waals surface area contributed by atoms with Gasteiger partial charge < -0.3 is 14.2 Å². The van der Waals surface area contributed by atoms with Crippen molar-refractivity contribution in [3.05, 3.63) is 22.8 Å². The van der Waals surface area contributed by atoms with Gasteiger partial charge in [-0.15, -0.1) is 10.2 Å². The smallest absolute Gasteiger partial charge is 0.259 e. The third-order valence-electron chi connectivity index (χ3n) is 3.65. The minimum atomic E-state index is -0.364. The Morgan fingerprint density at radius 1 is 1.45 bits per heavy atom. The van der Waals surface area contributed by atoms with Crippen molar-refractivity contribution in [3.8, 4) is 0 Å². The summed E-state index contributed by atoms with van der Waals surface area (Å²) >= 11 is 0. The van der Waals surface area contributed by atoms with E-state index in [0.29, 0.717) is 49.0 Å². The second-order valence-corrected chi connectivity index (χ2v) is 5.16. The van der Waals surface area contributed by atoms with Crippen LogP contribution in [-0.4, -0.2) is 55.9 Å². The van der Waals surface area contributed by atoms with Crippen LogP contribution in [0.3, 0.4) is 0 Å². The van der Waals surface area contributed by atoms with Gasteiger partial charge in [0.15, 0.2) is 0 Å². The number of amides is 1. The molecule has 0 aromatic carbocycles. The average Bonchev–Trinajstić information content (AvgIpc) is 3.12. The first-order valence-corrected chi connectivity index (χ1v) is 7.20. The summed E-state index contributed by atoms with van der Waals surface area (Å²) in [5.74, 6) is 0.938. The van der Waals surface area contributed by atoms with E-state index in [0.717, 1.165) is 0 Å². The van der Waals surface area contributed by atoms with E-state index >= 15 is 0 Å². The molecule has 0 radical (unpaired) electrons. The fourth-order valence-electron chi connectivity index (χ4n) is 2.51. The molecule has 2 aromatic heterocycles. The number of hydrogen-bond acceptors (Lipinski definition) is 7. The van der Waals surface area contributed by atoms with Crippen LogP contribution in [0.1, 0.15) is 40.7 Å². The molecule has 3 rings (SSSR count). The van der Waals surface area contributed by atoms with Crippen molar-refractivity contribution in [2.75, 3.05) is 19.7 Å². The van der Waals surface area contributed by atoms with Gasteiger partial charge in [0.1, 0.15) is 17.4 Å². The lowest BCUT2D eigenvalue weighted by molar-refractivity contribution is -0.0270. The van der Waals surface area contributed by atoms with Crippen LogP contribution in [-0.2, 0) is 18.2 Å². The number of hydrogen-bond donors (Lipinski definition) is 0. The van der Waals surface area contributed by atoms with E-state index in [4.69, 9.17) is 9.26 Å². The number of morpholine rings is 1. The number of rotatable bonds is 3. The number of aryl methyl sites for hydroxylation is 3. The minimum absolute atomic E-state index is 0.0900. The Bertz CT molecular complexity index is 679. The summed E-state index contributed by atoms with van der Waals surface area (Å²) in [5, 5.41) is 15.8. The Morgan fingerprint density at radius 2 is 2.27 bits per heavy atom. The highest BCUT2D eigenvalue weighted by atomic mass is 16.5. The molecular formula is C13H18N6O3. The van der Waals surface area contributed by atoms with E-state index in [2.05, 4.69) is 20.6 Å². The molecule has 1 fully saturated rings. The molecule has 1 aliphatic heterocycles. The van der Waals surface area contributed by atoms with E-state index in [1.807, 2.05) is 6.92 Å². The quantitative estimate of drug-likeness (QED) is 0.803. The highest BCUT2D eigenvalue weighted by Gasteiger charge is 2.31. The molecule has 0 aliphatic carbocycles. The van der Waals surface area contributed by atoms with Crippen molar-refractivity contribution in [2.24, 2.45) is 7.05 Å². The molecule has 1 amide bonds. The van der Waals surface area contributed by atoms with Gasteiger partial charge in [-0.1, -0.05) is 12.1 Å². The molecule has 1 unspecified atom stereocenters. The summed E-state index contributed by atoms with van der Waals surface area (Å²) in [4.78, 5) is 15.9. The number of carbonyl (C=O) groups excluding carboxylic acids is 1. The van der Waals surface area contributed by atoms with Gasteiger partial charge in [0, 0.05) is 6.54 Å². The van der Waals surface area contributed by atoms with Crippen LogP contribution in [0.25, 0.3) is 0 Å². The molecule has 9 nitrogen and oxygen atoms in total. The summed E-state index contributed by atoms with van der Waals surface area (Å²) in [7, 11) is 1.69. The topological polar surface area (TPSA) is 99.2 Å². The Kier molecular flexibility index (Phi) is 3.88. The molecular weight excluding hydrogens is 288 g/mol. The van der Waals surface area contributed by atoms with Crippen molar-refractivity contribution in [1.29, 1.82) is 0 Å². The minimum Gasteiger partial charge on any atom is -0.366 e. The van der Waals surface area contributed by atoms with Crippen LogP contribution >= 0.6 is 0 Å². The second-order valence-electron chi connectivity index (χ2n) is 5.16. The average molecular weight is 306 g/mol. The Balaban J connectivity index is 1.79. The molecule has 1 aliphatic rings. The van der Waals surface area contributed by atoms with Gasteiger partial charge in [-0.05, 0) is 18.6 Å². The molecule has 0 bridgehead atoms. The van der Waals surface area contributed by atoms with Gasteiger partial charge in [0.25, 0.3) is 5.91 Å². The normalized spacial score (nSPS) is 18.7. The fourth-order valence-corrected chi connectivity index (χ4v) is 2.51. The first-order valence-electron chi connectivity index (χ1n) is 7.20. The first-order chi connectivity index (χ1) is 10.6. The lowest BCUT2D eigenvalue weighted by atomic mass is 10.1. The molecule has 9 heteroatoms. The summed E-state index contributed by atoms with van der Waals surface area (Å²) < 4.78 is 10.8. The predicted octanol–water partition coefficient (Wildman–Crippen LogP) is 0.283. The maximum Gasteiger partial charge on any atom is 0.259 e. The zero-order chi connectivity index (χ0) is 15.7. The van der Waals surface area contributed by atoms with E-state index in [1.165, 1.54) is 4.80 Å². The number of ether oxygens (including phenoxy) is 1. The molecule has 118 valence electrons. The molecule has 0 spiro atoms. The summed E-state index contributed by atoms with van der Waals surface area (Å²) in [6.07, 6.45) is 0.286. The SMILES string of the molecule is CCc1noc(C)c1C(=O)N1CCOC(c2nnn(C)n2)C1. The molecule has 22 heavy (non-hydrogen) atoms. The number of carbonyl (C=O) groups is 1. The van der Waals surface area contributed by atoms with Crippen molar-refractivity contribution < 1.29 is 14.1 Å². The number of aromatic nitrogens is 5. The third kappa shape index (κ3) is 2.59. The standard InChI is InChI=1S/C13H18N6O3/c1-4-9-11(8(2)22-16-9)13(20)19-5-6-21-10(7-19)12-14-17-18(3)15-12/h10H,4-7H2,1-3H3. The number of tetrazole rings is 1. The van der Waals surface area contributed by atoms with Gasteiger partial charge in [-0.25, -0.2) is 0 Å². The summed E-state index contributed by atoms with van der Waals surface area (Å²) in [6, 6.07) is 0. The van der Waals surface area contributed by atoms with Gasteiger partial charge in [0.05, 0.1) is 25.9 Å². The van der Waals surface area contributed by atoms with Crippen molar-refractivity contribution in [2.45, 2.75) is 26.4 Å². The van der Waals surface area contributed by atoms with Crippen LogP contribution in [0, 0.1) is 6.92 Å². The van der Waals surface area contributed by atoms with Crippen LogP contribution in [0.4, 0.5) is 0 Å². The van der Waals surface area contributed by atoms with Crippen molar-refractivity contribution >= 4 is 5.91 Å². The molecule has 3 heterocycles. The van der Waals surface area contributed by atoms with Crippen LogP contribution < -0.4 is 0 Å². The Labute approximate surface area is 127 Å². The Hall–Kier alpha value is -2.29. The first kappa shape index (κ1) is 14.6. The lowest BCUT2D eigenvalue weighted by Gasteiger charge is -2.31. The molecule has 1 saturated heterocycles. The summed E-state index contributed by atoms with van der Waals surface area (Å²) in [6.45, 7) is 5.03. The maximum absolute atomic E-state index is 12.8. The predicted molar refractivity (Wildman–Crippen MR) is 74.0 cm³/mol. The second kappa shape index (κ2) is 5.84. The zero-order valence-electron chi connectivity index (χ0n) is 12.8. The molecule has 0 saturated carbocycles. The lowest BCUT2D eigenvalue weighted by Crippen LogP contribution is -2.43. The van der Waals surface area contributed by atoms with Crippen molar-refractivity contribution in [3.63, 3.8) is 0 Å². The molecule has 0 N–H and O–H groups in total. The maximum atomic E-state index is 12.8. The van der Waals surface area contributed by atoms with Gasteiger partial charge in [0.2, 0.25) is 5.82 Å². The largest absolute Gasteiger partial charge is 0.366 e. The third-order valence-corrected chi connectivity index (χ3v) is 3.65. The van der Waals surface area contributed by atoms with Crippen LogP contribution in [0.5, 0.6) is 0 Å². The molecule has 1 atom stereocenters. The zero-order valence-corrected chi connectivity index (χ0v) is 12.8. The van der Waals surface area contributed by atoms with Crippen LogP contribution in [0.15, 0.2) is 4.52 Å². The van der Waals surface area contributed by atoms with E-state index in [9.17, 15) is 4.79 Å². The van der Waals surface area contributed by atoms with E-state index in [1.54, 1.807) is 18.9 Å². The van der Waals surface area contributed by atoms with Crippen LogP contribution in [0.2, 0.25) is 0 Å². The Morgan fingerprint density at radius 3 is 2.95 bits per heavy atom. The van der Waals surface area contributed by atoms with Crippen molar-refractivity contribution in [1.82, 2.24) is 30.3 Å².